The molecule has 3 heterocycles. The second-order valence-electron chi connectivity index (χ2n) is 6.13. The van der Waals surface area contributed by atoms with E-state index in [4.69, 9.17) is 9.47 Å². The van der Waals surface area contributed by atoms with E-state index in [1.165, 1.54) is 19.3 Å². The molecule has 0 unspecified atom stereocenters. The summed E-state index contributed by atoms with van der Waals surface area (Å²) in [5, 5.41) is 4.43. The van der Waals surface area contributed by atoms with Gasteiger partial charge in [0.25, 0.3) is 0 Å². The van der Waals surface area contributed by atoms with Crippen molar-refractivity contribution >= 4 is 0 Å². The van der Waals surface area contributed by atoms with Crippen molar-refractivity contribution in [3.05, 3.63) is 11.6 Å². The van der Waals surface area contributed by atoms with Gasteiger partial charge in [-0.25, -0.2) is 9.67 Å². The molecule has 0 aromatic carbocycles. The standard InChI is InChI=1S/C15H26N4O2/c1-12-16-13(2)19(17-12)11-15-10-18(6-8-21-15)9-14-5-3-4-7-20-14/h14-15H,3-11H2,1-2H3/t14-,15+/m0/s1. The van der Waals surface area contributed by atoms with Gasteiger partial charge in [-0.1, -0.05) is 0 Å². The number of ether oxygens (including phenoxy) is 2. The van der Waals surface area contributed by atoms with E-state index in [1.54, 1.807) is 0 Å². The minimum atomic E-state index is 0.196. The van der Waals surface area contributed by atoms with Gasteiger partial charge in [0.2, 0.25) is 0 Å². The SMILES string of the molecule is Cc1nc(C)n(C[C@H]2CN(C[C@@H]3CCCCO3)CCO2)n1. The van der Waals surface area contributed by atoms with Crippen LogP contribution < -0.4 is 0 Å². The highest BCUT2D eigenvalue weighted by Crippen LogP contribution is 2.16. The summed E-state index contributed by atoms with van der Waals surface area (Å²) < 4.78 is 13.7. The molecule has 0 bridgehead atoms. The monoisotopic (exact) mass is 294 g/mol. The topological polar surface area (TPSA) is 52.4 Å². The molecule has 0 spiro atoms. The quantitative estimate of drug-likeness (QED) is 0.834. The van der Waals surface area contributed by atoms with Crippen LogP contribution in [-0.2, 0) is 16.0 Å². The number of morpholine rings is 1. The lowest BCUT2D eigenvalue weighted by Crippen LogP contribution is -2.47. The van der Waals surface area contributed by atoms with Crippen LogP contribution in [-0.4, -0.2) is 64.7 Å². The molecule has 0 amide bonds. The predicted octanol–water partition coefficient (Wildman–Crippen LogP) is 1.16. The van der Waals surface area contributed by atoms with Gasteiger partial charge >= 0.3 is 0 Å². The summed E-state index contributed by atoms with van der Waals surface area (Å²) >= 11 is 0. The molecule has 2 atom stereocenters. The zero-order valence-corrected chi connectivity index (χ0v) is 13.1. The fourth-order valence-electron chi connectivity index (χ4n) is 3.22. The molecule has 1 aromatic heterocycles. The van der Waals surface area contributed by atoms with Crippen molar-refractivity contribution in [2.45, 2.75) is 51.9 Å². The number of hydrogen-bond donors (Lipinski definition) is 0. The first-order valence-electron chi connectivity index (χ1n) is 8.04. The molecule has 2 saturated heterocycles. The van der Waals surface area contributed by atoms with Gasteiger partial charge in [-0.3, -0.25) is 4.90 Å². The van der Waals surface area contributed by atoms with E-state index >= 15 is 0 Å². The Bertz CT molecular complexity index is 457. The second-order valence-corrected chi connectivity index (χ2v) is 6.13. The minimum Gasteiger partial charge on any atom is -0.377 e. The second kappa shape index (κ2) is 6.85. The van der Waals surface area contributed by atoms with E-state index in [0.29, 0.717) is 6.10 Å². The van der Waals surface area contributed by atoms with Crippen molar-refractivity contribution in [2.24, 2.45) is 0 Å². The molecule has 6 heteroatoms. The number of rotatable bonds is 4. The third kappa shape index (κ3) is 4.02. The third-order valence-corrected chi connectivity index (χ3v) is 4.30. The van der Waals surface area contributed by atoms with Crippen LogP contribution in [0.1, 0.15) is 30.9 Å². The van der Waals surface area contributed by atoms with Crippen LogP contribution in [0.2, 0.25) is 0 Å². The van der Waals surface area contributed by atoms with Crippen molar-refractivity contribution in [3.8, 4) is 0 Å². The first kappa shape index (κ1) is 14.9. The fraction of sp³-hybridized carbons (Fsp3) is 0.867. The van der Waals surface area contributed by atoms with Crippen LogP contribution >= 0.6 is 0 Å². The summed E-state index contributed by atoms with van der Waals surface area (Å²) in [6, 6.07) is 0. The average molecular weight is 294 g/mol. The summed E-state index contributed by atoms with van der Waals surface area (Å²) in [5.74, 6) is 1.79. The predicted molar refractivity (Wildman–Crippen MR) is 79.3 cm³/mol. The molecule has 6 nitrogen and oxygen atoms in total. The summed E-state index contributed by atoms with van der Waals surface area (Å²) in [5.41, 5.74) is 0. The van der Waals surface area contributed by atoms with Gasteiger partial charge in [0.1, 0.15) is 11.6 Å². The Hall–Kier alpha value is -0.980. The minimum absolute atomic E-state index is 0.196. The molecule has 118 valence electrons. The van der Waals surface area contributed by atoms with Crippen LogP contribution in [0.5, 0.6) is 0 Å². The van der Waals surface area contributed by atoms with Crippen LogP contribution in [0.4, 0.5) is 0 Å². The lowest BCUT2D eigenvalue weighted by molar-refractivity contribution is -0.0652. The van der Waals surface area contributed by atoms with Gasteiger partial charge in [0, 0.05) is 26.2 Å². The van der Waals surface area contributed by atoms with Gasteiger partial charge in [0.05, 0.1) is 25.4 Å². The van der Waals surface area contributed by atoms with Crippen LogP contribution in [0.25, 0.3) is 0 Å². The highest BCUT2D eigenvalue weighted by atomic mass is 16.5. The Kier molecular flexibility index (Phi) is 4.87. The number of aromatic nitrogens is 3. The zero-order chi connectivity index (χ0) is 14.7. The Labute approximate surface area is 126 Å². The van der Waals surface area contributed by atoms with Gasteiger partial charge < -0.3 is 9.47 Å². The zero-order valence-electron chi connectivity index (χ0n) is 13.1. The molecule has 2 fully saturated rings. The molecule has 2 aliphatic heterocycles. The first-order valence-corrected chi connectivity index (χ1v) is 8.04. The molecule has 3 rings (SSSR count). The maximum Gasteiger partial charge on any atom is 0.147 e. The van der Waals surface area contributed by atoms with Crippen molar-refractivity contribution < 1.29 is 9.47 Å². The average Bonchev–Trinajstić information content (AvgIpc) is 2.78. The largest absolute Gasteiger partial charge is 0.377 e. The Morgan fingerprint density at radius 1 is 1.10 bits per heavy atom. The van der Waals surface area contributed by atoms with Crippen LogP contribution in [0.3, 0.4) is 0 Å². The molecule has 0 N–H and O–H groups in total. The third-order valence-electron chi connectivity index (χ3n) is 4.30. The lowest BCUT2D eigenvalue weighted by Gasteiger charge is -2.36. The van der Waals surface area contributed by atoms with Gasteiger partial charge in [0.15, 0.2) is 0 Å². The number of hydrogen-bond acceptors (Lipinski definition) is 5. The van der Waals surface area contributed by atoms with E-state index in [2.05, 4.69) is 15.0 Å². The Morgan fingerprint density at radius 2 is 1.95 bits per heavy atom. The van der Waals surface area contributed by atoms with E-state index in [1.807, 2.05) is 18.5 Å². The van der Waals surface area contributed by atoms with E-state index in [9.17, 15) is 0 Å². The van der Waals surface area contributed by atoms with Gasteiger partial charge in [-0.15, -0.1) is 0 Å². The molecular formula is C15H26N4O2. The Morgan fingerprint density at radius 3 is 2.67 bits per heavy atom. The smallest absolute Gasteiger partial charge is 0.147 e. The molecule has 2 aliphatic rings. The van der Waals surface area contributed by atoms with Crippen molar-refractivity contribution in [3.63, 3.8) is 0 Å². The van der Waals surface area contributed by atoms with E-state index < -0.39 is 0 Å². The lowest BCUT2D eigenvalue weighted by atomic mass is 10.1. The van der Waals surface area contributed by atoms with Crippen molar-refractivity contribution in [2.75, 3.05) is 32.8 Å². The molecule has 0 aliphatic carbocycles. The summed E-state index contributed by atoms with van der Waals surface area (Å²) in [6.45, 7) is 9.43. The maximum atomic E-state index is 5.89. The summed E-state index contributed by atoms with van der Waals surface area (Å²) in [6.07, 6.45) is 4.32. The number of nitrogens with zero attached hydrogens (tertiary/aromatic N) is 4. The highest BCUT2D eigenvalue weighted by Gasteiger charge is 2.25. The van der Waals surface area contributed by atoms with Gasteiger partial charge in [-0.2, -0.15) is 5.10 Å². The molecule has 1 aromatic rings. The van der Waals surface area contributed by atoms with Crippen molar-refractivity contribution in [1.82, 2.24) is 19.7 Å². The maximum absolute atomic E-state index is 5.89. The molecule has 0 saturated carbocycles. The number of aryl methyl sites for hydroxylation is 2. The fourth-order valence-corrected chi connectivity index (χ4v) is 3.22. The highest BCUT2D eigenvalue weighted by molar-refractivity contribution is 4.88. The van der Waals surface area contributed by atoms with E-state index in [0.717, 1.165) is 51.0 Å². The van der Waals surface area contributed by atoms with Crippen LogP contribution in [0, 0.1) is 13.8 Å². The molecule has 0 radical (unpaired) electrons. The van der Waals surface area contributed by atoms with Crippen LogP contribution in [0.15, 0.2) is 0 Å². The molecular weight excluding hydrogens is 268 g/mol. The normalized spacial score (nSPS) is 27.9. The Balaban J connectivity index is 1.51. The van der Waals surface area contributed by atoms with Gasteiger partial charge in [-0.05, 0) is 33.1 Å². The summed E-state index contributed by atoms with van der Waals surface area (Å²) in [7, 11) is 0. The van der Waals surface area contributed by atoms with Crippen molar-refractivity contribution in [1.29, 1.82) is 0 Å². The molecule has 21 heavy (non-hydrogen) atoms. The van der Waals surface area contributed by atoms with E-state index in [-0.39, 0.29) is 6.10 Å². The summed E-state index contributed by atoms with van der Waals surface area (Å²) in [4.78, 5) is 6.83. The first-order chi connectivity index (χ1) is 10.2.